The van der Waals surface area contributed by atoms with Crippen molar-refractivity contribution in [2.24, 2.45) is 0 Å². The lowest BCUT2D eigenvalue weighted by molar-refractivity contribution is -0.129. The zero-order valence-corrected chi connectivity index (χ0v) is 15.2. The summed E-state index contributed by atoms with van der Waals surface area (Å²) in [6.45, 7) is 2.07. The zero-order chi connectivity index (χ0) is 18.6. The van der Waals surface area contributed by atoms with Gasteiger partial charge in [-0.3, -0.25) is 19.3 Å². The van der Waals surface area contributed by atoms with Gasteiger partial charge in [0.05, 0.1) is 17.0 Å². The van der Waals surface area contributed by atoms with Crippen molar-refractivity contribution in [3.63, 3.8) is 0 Å². The summed E-state index contributed by atoms with van der Waals surface area (Å²) in [5.41, 5.74) is 0.487. The van der Waals surface area contributed by atoms with E-state index in [0.717, 1.165) is 23.1 Å². The maximum Gasteiger partial charge on any atom is 0.294 e. The highest BCUT2D eigenvalue weighted by Gasteiger charge is 2.36. The molecule has 0 unspecified atom stereocenters. The Morgan fingerprint density at radius 2 is 2.16 bits per heavy atom. The molecule has 25 heavy (non-hydrogen) atoms. The van der Waals surface area contributed by atoms with Crippen LogP contribution in [-0.2, 0) is 9.59 Å². The maximum atomic E-state index is 12.4. The molecule has 0 spiro atoms. The average Bonchev–Trinajstić information content (AvgIpc) is 2.83. The molecule has 1 saturated heterocycles. The van der Waals surface area contributed by atoms with Crippen molar-refractivity contribution in [1.82, 2.24) is 10.2 Å². The molecule has 0 aromatic heterocycles. The van der Waals surface area contributed by atoms with Gasteiger partial charge in [-0.05, 0) is 42.0 Å². The number of aromatic hydroxyl groups is 1. The first-order chi connectivity index (χ1) is 11.9. The zero-order valence-electron chi connectivity index (χ0n) is 13.7. The molecule has 134 valence electrons. The number of carbonyl (C=O) groups excluding carboxylic acids is 3. The lowest BCUT2D eigenvalue weighted by Gasteiger charge is -2.11. The SMILES string of the molecule is CCCNC(=O)CN1C(=O)S/C(=C\c2cc(Cl)c(O)c(OC)c2)C1=O. The quantitative estimate of drug-likeness (QED) is 0.732. The van der Waals surface area contributed by atoms with Gasteiger partial charge in [-0.15, -0.1) is 0 Å². The highest BCUT2D eigenvalue weighted by Crippen LogP contribution is 2.37. The molecule has 1 fully saturated rings. The number of phenolic OH excluding ortho intramolecular Hbond substituents is 1. The van der Waals surface area contributed by atoms with Crippen LogP contribution in [0, 0.1) is 0 Å². The predicted molar refractivity (Wildman–Crippen MR) is 95.6 cm³/mol. The molecule has 7 nitrogen and oxygen atoms in total. The van der Waals surface area contributed by atoms with E-state index in [0.29, 0.717) is 12.1 Å². The van der Waals surface area contributed by atoms with Crippen LogP contribution in [0.3, 0.4) is 0 Å². The molecule has 1 aliphatic heterocycles. The second-order valence-corrected chi connectivity index (χ2v) is 6.57. The predicted octanol–water partition coefficient (Wildman–Crippen LogP) is 2.62. The molecule has 0 aliphatic carbocycles. The summed E-state index contributed by atoms with van der Waals surface area (Å²) in [7, 11) is 1.37. The molecule has 0 radical (unpaired) electrons. The lowest BCUT2D eigenvalue weighted by atomic mass is 10.2. The monoisotopic (exact) mass is 384 g/mol. The van der Waals surface area contributed by atoms with Crippen molar-refractivity contribution in [2.45, 2.75) is 13.3 Å². The van der Waals surface area contributed by atoms with Crippen molar-refractivity contribution in [2.75, 3.05) is 20.2 Å². The van der Waals surface area contributed by atoms with E-state index in [-0.39, 0.29) is 33.9 Å². The Morgan fingerprint density at radius 1 is 1.44 bits per heavy atom. The number of benzene rings is 1. The lowest BCUT2D eigenvalue weighted by Crippen LogP contribution is -2.39. The Bertz CT molecular complexity index is 750. The minimum atomic E-state index is -0.551. The Morgan fingerprint density at radius 3 is 2.80 bits per heavy atom. The van der Waals surface area contributed by atoms with Crippen LogP contribution in [0.4, 0.5) is 4.79 Å². The molecule has 3 amide bonds. The summed E-state index contributed by atoms with van der Waals surface area (Å²) >= 11 is 6.65. The van der Waals surface area contributed by atoms with Crippen molar-refractivity contribution in [1.29, 1.82) is 0 Å². The van der Waals surface area contributed by atoms with Crippen LogP contribution in [0.25, 0.3) is 6.08 Å². The van der Waals surface area contributed by atoms with E-state index in [9.17, 15) is 19.5 Å². The van der Waals surface area contributed by atoms with Crippen LogP contribution in [-0.4, -0.2) is 47.3 Å². The van der Waals surface area contributed by atoms with Gasteiger partial charge in [-0.2, -0.15) is 0 Å². The Hall–Kier alpha value is -2.19. The Balaban J connectivity index is 2.20. The topological polar surface area (TPSA) is 95.9 Å². The van der Waals surface area contributed by atoms with E-state index in [1.165, 1.54) is 25.3 Å². The van der Waals surface area contributed by atoms with Crippen LogP contribution in [0.2, 0.25) is 5.02 Å². The number of carbonyl (C=O) groups is 3. The second kappa shape index (κ2) is 8.26. The number of imide groups is 1. The number of hydrogen-bond donors (Lipinski definition) is 2. The second-order valence-electron chi connectivity index (χ2n) is 5.17. The number of phenols is 1. The number of methoxy groups -OCH3 is 1. The van der Waals surface area contributed by atoms with Crippen LogP contribution in [0.1, 0.15) is 18.9 Å². The highest BCUT2D eigenvalue weighted by molar-refractivity contribution is 8.18. The third-order valence-electron chi connectivity index (χ3n) is 3.32. The van der Waals surface area contributed by atoms with Gasteiger partial charge in [0, 0.05) is 6.54 Å². The van der Waals surface area contributed by atoms with Crippen LogP contribution in [0.5, 0.6) is 11.5 Å². The Kier molecular flexibility index (Phi) is 6.33. The van der Waals surface area contributed by atoms with Gasteiger partial charge in [0.25, 0.3) is 11.1 Å². The smallest absolute Gasteiger partial charge is 0.294 e. The van der Waals surface area contributed by atoms with E-state index in [2.05, 4.69) is 5.32 Å². The number of hydrogen-bond acceptors (Lipinski definition) is 6. The van der Waals surface area contributed by atoms with Crippen molar-refractivity contribution >= 4 is 46.5 Å². The highest BCUT2D eigenvalue weighted by atomic mass is 35.5. The fourth-order valence-electron chi connectivity index (χ4n) is 2.08. The first-order valence-corrected chi connectivity index (χ1v) is 8.65. The fraction of sp³-hybridized carbons (Fsp3) is 0.312. The first kappa shape index (κ1) is 19.1. The van der Waals surface area contributed by atoms with E-state index in [4.69, 9.17) is 16.3 Å². The van der Waals surface area contributed by atoms with Gasteiger partial charge in [0.1, 0.15) is 6.54 Å². The van der Waals surface area contributed by atoms with Crippen LogP contribution >= 0.6 is 23.4 Å². The van der Waals surface area contributed by atoms with Gasteiger partial charge in [0.15, 0.2) is 11.5 Å². The fourth-order valence-corrected chi connectivity index (χ4v) is 3.14. The molecule has 0 bridgehead atoms. The van der Waals surface area contributed by atoms with Gasteiger partial charge >= 0.3 is 0 Å². The van der Waals surface area contributed by atoms with Crippen molar-refractivity contribution in [3.8, 4) is 11.5 Å². The number of thioether (sulfide) groups is 1. The summed E-state index contributed by atoms with van der Waals surface area (Å²) in [4.78, 5) is 37.1. The van der Waals surface area contributed by atoms with Crippen molar-refractivity contribution in [3.05, 3.63) is 27.6 Å². The van der Waals surface area contributed by atoms with Crippen molar-refractivity contribution < 1.29 is 24.2 Å². The van der Waals surface area contributed by atoms with Gasteiger partial charge in [-0.25, -0.2) is 0 Å². The summed E-state index contributed by atoms with van der Waals surface area (Å²) in [6, 6.07) is 2.94. The molecule has 1 aromatic carbocycles. The normalized spacial score (nSPS) is 15.8. The molecule has 2 N–H and O–H groups in total. The molecule has 1 heterocycles. The molecule has 0 atom stereocenters. The minimum absolute atomic E-state index is 0.0590. The number of rotatable bonds is 6. The summed E-state index contributed by atoms with van der Waals surface area (Å²) < 4.78 is 5.00. The standard InChI is InChI=1S/C16H17ClN2O5S/c1-3-4-18-13(20)8-19-15(22)12(25-16(19)23)7-9-5-10(17)14(21)11(6-9)24-2/h5-7,21H,3-4,8H2,1-2H3,(H,18,20)/b12-7-. The van der Waals surface area contributed by atoms with Crippen LogP contribution in [0.15, 0.2) is 17.0 Å². The summed E-state index contributed by atoms with van der Waals surface area (Å²) in [6.07, 6.45) is 2.22. The van der Waals surface area contributed by atoms with Gasteiger partial charge < -0.3 is 15.2 Å². The molecule has 2 rings (SSSR count). The number of nitrogens with zero attached hydrogens (tertiary/aromatic N) is 1. The Labute approximate surface area is 154 Å². The summed E-state index contributed by atoms with van der Waals surface area (Å²) in [5, 5.41) is 11.9. The first-order valence-electron chi connectivity index (χ1n) is 7.46. The van der Waals surface area contributed by atoms with E-state index in [1.54, 1.807) is 0 Å². The molecular weight excluding hydrogens is 368 g/mol. The third kappa shape index (κ3) is 4.46. The van der Waals surface area contributed by atoms with E-state index in [1.807, 2.05) is 6.92 Å². The number of amides is 3. The molecular formula is C16H17ClN2O5S. The van der Waals surface area contributed by atoms with Crippen LogP contribution < -0.4 is 10.1 Å². The third-order valence-corrected chi connectivity index (χ3v) is 4.51. The average molecular weight is 385 g/mol. The minimum Gasteiger partial charge on any atom is -0.503 e. The molecule has 1 aromatic rings. The largest absolute Gasteiger partial charge is 0.503 e. The number of nitrogens with one attached hydrogen (secondary N) is 1. The van der Waals surface area contributed by atoms with Gasteiger partial charge in [0.2, 0.25) is 5.91 Å². The van der Waals surface area contributed by atoms with Gasteiger partial charge in [-0.1, -0.05) is 18.5 Å². The summed E-state index contributed by atoms with van der Waals surface area (Å²) in [5.74, 6) is -0.997. The molecule has 0 saturated carbocycles. The van der Waals surface area contributed by atoms with E-state index < -0.39 is 11.1 Å². The molecule has 1 aliphatic rings. The van der Waals surface area contributed by atoms with E-state index >= 15 is 0 Å². The number of ether oxygens (including phenoxy) is 1. The number of halogens is 1. The maximum absolute atomic E-state index is 12.4. The molecule has 9 heteroatoms.